The molecule has 0 bridgehead atoms. The van der Waals surface area contributed by atoms with E-state index in [0.29, 0.717) is 19.4 Å². The lowest BCUT2D eigenvalue weighted by atomic mass is 10.1. The van der Waals surface area contributed by atoms with E-state index in [-0.39, 0.29) is 22.3 Å². The van der Waals surface area contributed by atoms with E-state index in [1.807, 2.05) is 0 Å². The van der Waals surface area contributed by atoms with Crippen LogP contribution in [0.1, 0.15) is 23.2 Å². The second-order valence-electron chi connectivity index (χ2n) is 4.88. The second kappa shape index (κ2) is 5.30. The number of likely N-dealkylation sites (tertiary alicyclic amines) is 1. The summed E-state index contributed by atoms with van der Waals surface area (Å²) in [6, 6.07) is 1.64. The molecule has 114 valence electrons. The molecule has 1 N–H and O–H groups in total. The van der Waals surface area contributed by atoms with Crippen LogP contribution in [0.4, 0.5) is 5.69 Å². The Bertz CT molecular complexity index is 789. The first-order chi connectivity index (χ1) is 10.5. The van der Waals surface area contributed by atoms with Gasteiger partial charge in [0.1, 0.15) is 11.6 Å². The van der Waals surface area contributed by atoms with Crippen LogP contribution in [0.3, 0.4) is 0 Å². The fourth-order valence-electron chi connectivity index (χ4n) is 2.57. The van der Waals surface area contributed by atoms with Gasteiger partial charge in [0.15, 0.2) is 5.52 Å². The van der Waals surface area contributed by atoms with Crippen LogP contribution >= 0.6 is 11.7 Å². The summed E-state index contributed by atoms with van der Waals surface area (Å²) in [6.07, 6.45) is 0.967. The van der Waals surface area contributed by atoms with Gasteiger partial charge in [-0.05, 0) is 18.9 Å². The number of carbonyl (C=O) groups excluding carboxylic acids is 1. The number of carboxylic acids is 1. The lowest BCUT2D eigenvalue weighted by Gasteiger charge is -2.21. The summed E-state index contributed by atoms with van der Waals surface area (Å²) in [5.74, 6) is -1.61. The molecule has 0 radical (unpaired) electrons. The number of nitrogens with zero attached hydrogens (tertiary/aromatic N) is 4. The van der Waals surface area contributed by atoms with Crippen molar-refractivity contribution in [1.82, 2.24) is 13.6 Å². The smallest absolute Gasteiger partial charge is 0.326 e. The van der Waals surface area contributed by atoms with Crippen molar-refractivity contribution in [2.24, 2.45) is 0 Å². The van der Waals surface area contributed by atoms with Crippen LogP contribution in [-0.2, 0) is 4.79 Å². The molecule has 22 heavy (non-hydrogen) atoms. The fourth-order valence-corrected chi connectivity index (χ4v) is 3.10. The Balaban J connectivity index is 2.04. The van der Waals surface area contributed by atoms with E-state index < -0.39 is 22.8 Å². The molecule has 2 heterocycles. The highest BCUT2D eigenvalue weighted by molar-refractivity contribution is 7.00. The summed E-state index contributed by atoms with van der Waals surface area (Å²) in [6.45, 7) is 0.316. The maximum absolute atomic E-state index is 12.5. The molecule has 1 aromatic heterocycles. The summed E-state index contributed by atoms with van der Waals surface area (Å²) in [7, 11) is 0. The number of hydrogen-bond donors (Lipinski definition) is 1. The Morgan fingerprint density at radius 2 is 2.18 bits per heavy atom. The van der Waals surface area contributed by atoms with E-state index in [2.05, 4.69) is 8.75 Å². The molecule has 1 atom stereocenters. The van der Waals surface area contributed by atoms with Gasteiger partial charge in [-0.1, -0.05) is 0 Å². The summed E-state index contributed by atoms with van der Waals surface area (Å²) in [4.78, 5) is 35.4. The van der Waals surface area contributed by atoms with Crippen molar-refractivity contribution in [2.75, 3.05) is 6.54 Å². The number of amides is 1. The Labute approximate surface area is 127 Å². The molecule has 0 saturated carbocycles. The van der Waals surface area contributed by atoms with Gasteiger partial charge in [0.2, 0.25) is 0 Å². The monoisotopic (exact) mass is 322 g/mol. The van der Waals surface area contributed by atoms with Gasteiger partial charge in [0.05, 0.1) is 16.7 Å². The summed E-state index contributed by atoms with van der Waals surface area (Å²) < 4.78 is 7.78. The number of carbonyl (C=O) groups is 2. The maximum atomic E-state index is 12.5. The minimum absolute atomic E-state index is 0.0556. The predicted molar refractivity (Wildman–Crippen MR) is 75.8 cm³/mol. The topological polar surface area (TPSA) is 127 Å². The van der Waals surface area contributed by atoms with Crippen LogP contribution < -0.4 is 0 Å². The van der Waals surface area contributed by atoms with Gasteiger partial charge in [-0.15, -0.1) is 0 Å². The minimum Gasteiger partial charge on any atom is -0.480 e. The Hall–Kier alpha value is -2.62. The number of benzene rings is 1. The molecular formula is C12H10N4O5S. The minimum atomic E-state index is -1.07. The second-order valence-corrected chi connectivity index (χ2v) is 5.41. The van der Waals surface area contributed by atoms with Crippen molar-refractivity contribution in [3.63, 3.8) is 0 Å². The Morgan fingerprint density at radius 1 is 1.41 bits per heavy atom. The summed E-state index contributed by atoms with van der Waals surface area (Å²) in [5, 5.41) is 20.2. The molecule has 0 aliphatic carbocycles. The van der Waals surface area contributed by atoms with E-state index in [1.54, 1.807) is 0 Å². The number of rotatable bonds is 3. The number of carboxylic acid groups (broad SMARTS) is 1. The zero-order chi connectivity index (χ0) is 15.9. The van der Waals surface area contributed by atoms with Crippen molar-refractivity contribution in [2.45, 2.75) is 18.9 Å². The molecular weight excluding hydrogens is 312 g/mol. The number of hydrogen-bond acceptors (Lipinski definition) is 7. The van der Waals surface area contributed by atoms with Crippen molar-refractivity contribution >= 4 is 40.3 Å². The average molecular weight is 322 g/mol. The molecule has 1 aromatic carbocycles. The van der Waals surface area contributed by atoms with E-state index >= 15 is 0 Å². The third-order valence-electron chi connectivity index (χ3n) is 3.58. The first-order valence-corrected chi connectivity index (χ1v) is 7.16. The quantitative estimate of drug-likeness (QED) is 0.666. The molecule has 10 heteroatoms. The highest BCUT2D eigenvalue weighted by Gasteiger charge is 2.35. The van der Waals surface area contributed by atoms with Crippen LogP contribution in [0, 0.1) is 10.1 Å². The van der Waals surface area contributed by atoms with Crippen molar-refractivity contribution in [1.29, 1.82) is 0 Å². The van der Waals surface area contributed by atoms with E-state index in [4.69, 9.17) is 5.11 Å². The maximum Gasteiger partial charge on any atom is 0.326 e. The molecule has 1 amide bonds. The fraction of sp³-hybridized carbons (Fsp3) is 0.333. The zero-order valence-electron chi connectivity index (χ0n) is 11.1. The van der Waals surface area contributed by atoms with Gasteiger partial charge >= 0.3 is 5.97 Å². The largest absolute Gasteiger partial charge is 0.480 e. The van der Waals surface area contributed by atoms with Crippen molar-refractivity contribution < 1.29 is 19.6 Å². The summed E-state index contributed by atoms with van der Waals surface area (Å²) >= 11 is 0.819. The molecule has 0 spiro atoms. The van der Waals surface area contributed by atoms with Crippen LogP contribution in [0.15, 0.2) is 12.1 Å². The van der Waals surface area contributed by atoms with Gasteiger partial charge in [0, 0.05) is 18.2 Å². The highest BCUT2D eigenvalue weighted by Crippen LogP contribution is 2.28. The van der Waals surface area contributed by atoms with Gasteiger partial charge in [-0.2, -0.15) is 8.75 Å². The van der Waals surface area contributed by atoms with E-state index in [9.17, 15) is 19.7 Å². The number of nitro groups is 1. The summed E-state index contributed by atoms with van der Waals surface area (Å²) in [5.41, 5.74) is 0.136. The third kappa shape index (κ3) is 2.26. The van der Waals surface area contributed by atoms with E-state index in [0.717, 1.165) is 17.8 Å². The number of fused-ring (bicyclic) bond motifs is 1. The molecule has 1 unspecified atom stereocenters. The molecule has 1 fully saturated rings. The lowest BCUT2D eigenvalue weighted by molar-refractivity contribution is -0.383. The first kappa shape index (κ1) is 14.3. The predicted octanol–water partition coefficient (Wildman–Crippen LogP) is 1.29. The normalized spacial score (nSPS) is 17.8. The van der Waals surface area contributed by atoms with Gasteiger partial charge < -0.3 is 10.0 Å². The SMILES string of the molecule is O=C(O)C1CCCN1C(=O)c1cc([N+](=O)[O-])c2nsnc2c1. The van der Waals surface area contributed by atoms with Crippen LogP contribution in [-0.4, -0.2) is 48.1 Å². The Kier molecular flexibility index (Phi) is 3.45. The molecule has 1 aliphatic heterocycles. The van der Waals surface area contributed by atoms with Crippen LogP contribution in [0.5, 0.6) is 0 Å². The van der Waals surface area contributed by atoms with Gasteiger partial charge in [-0.3, -0.25) is 14.9 Å². The lowest BCUT2D eigenvalue weighted by Crippen LogP contribution is -2.40. The standard InChI is InChI=1S/C12H10N4O5S/c17-11(15-3-1-2-8(15)12(18)19)6-4-7-10(14-22-13-7)9(5-6)16(20)21/h4-5,8H,1-3H2,(H,18,19). The number of nitro benzene ring substituents is 1. The van der Waals surface area contributed by atoms with Gasteiger partial charge in [-0.25, -0.2) is 4.79 Å². The molecule has 1 aliphatic rings. The molecule has 1 saturated heterocycles. The Morgan fingerprint density at radius 3 is 2.86 bits per heavy atom. The molecule has 9 nitrogen and oxygen atoms in total. The van der Waals surface area contributed by atoms with Crippen molar-refractivity contribution in [3.8, 4) is 0 Å². The molecule has 3 rings (SSSR count). The number of non-ortho nitro benzene ring substituents is 1. The van der Waals surface area contributed by atoms with Crippen molar-refractivity contribution in [3.05, 3.63) is 27.8 Å². The average Bonchev–Trinajstić information content (AvgIpc) is 3.13. The van der Waals surface area contributed by atoms with E-state index in [1.165, 1.54) is 11.0 Å². The number of aromatic nitrogens is 2. The van der Waals surface area contributed by atoms with Crippen LogP contribution in [0.2, 0.25) is 0 Å². The first-order valence-electron chi connectivity index (χ1n) is 6.43. The third-order valence-corrected chi connectivity index (χ3v) is 4.13. The van der Waals surface area contributed by atoms with Gasteiger partial charge in [0.25, 0.3) is 11.6 Å². The van der Waals surface area contributed by atoms with Crippen LogP contribution in [0.25, 0.3) is 11.0 Å². The molecule has 2 aromatic rings. The number of aliphatic carboxylic acids is 1. The highest BCUT2D eigenvalue weighted by atomic mass is 32.1. The zero-order valence-corrected chi connectivity index (χ0v) is 11.9.